The highest BCUT2D eigenvalue weighted by Crippen LogP contribution is 2.39. The van der Waals surface area contributed by atoms with Gasteiger partial charge in [-0.2, -0.15) is 0 Å². The molecule has 0 spiro atoms. The van der Waals surface area contributed by atoms with E-state index >= 15 is 0 Å². The van der Waals surface area contributed by atoms with Gasteiger partial charge in [-0.25, -0.2) is 13.1 Å². The Bertz CT molecular complexity index is 1500. The molecule has 0 radical (unpaired) electrons. The third kappa shape index (κ3) is 14.2. The first-order chi connectivity index (χ1) is 24.5. The van der Waals surface area contributed by atoms with Crippen molar-refractivity contribution in [3.05, 3.63) is 63.1 Å². The minimum atomic E-state index is -3.79. The lowest BCUT2D eigenvalue weighted by atomic mass is 9.84. The normalized spacial score (nSPS) is 16.1. The highest BCUT2D eigenvalue weighted by Gasteiger charge is 2.30. The minimum Gasteiger partial charge on any atom is -0.394 e. The van der Waals surface area contributed by atoms with Gasteiger partial charge in [0.15, 0.2) is 11.9 Å². The molecule has 286 valence electrons. The number of ether oxygens (including phenoxy) is 4. The van der Waals surface area contributed by atoms with Gasteiger partial charge in [0.2, 0.25) is 10.0 Å². The molecule has 2 aromatic carbocycles. The van der Waals surface area contributed by atoms with Gasteiger partial charge < -0.3 is 39.6 Å². The maximum absolute atomic E-state index is 13.1. The van der Waals surface area contributed by atoms with Crippen molar-refractivity contribution in [1.82, 2.24) is 14.9 Å². The zero-order valence-corrected chi connectivity index (χ0v) is 31.1. The van der Waals surface area contributed by atoms with Crippen molar-refractivity contribution in [2.45, 2.75) is 49.3 Å². The molecule has 0 aromatic heterocycles. The lowest BCUT2D eigenvalue weighted by Crippen LogP contribution is -2.46. The zero-order valence-electron chi connectivity index (χ0n) is 28.7. The fraction of sp³-hybridized carbons (Fsp3) is 0.588. The summed E-state index contributed by atoms with van der Waals surface area (Å²) in [6, 6.07) is 10.5. The van der Waals surface area contributed by atoms with Crippen molar-refractivity contribution in [2.75, 3.05) is 85.6 Å². The average molecular weight is 779 g/mol. The summed E-state index contributed by atoms with van der Waals surface area (Å²) in [7, 11) is -3.79. The van der Waals surface area contributed by atoms with Crippen LogP contribution in [0.25, 0.3) is 0 Å². The van der Waals surface area contributed by atoms with E-state index in [0.29, 0.717) is 23.1 Å². The molecular weight excluding hydrogens is 729 g/mol. The molecule has 0 fully saturated rings. The molecule has 2 aromatic rings. The van der Waals surface area contributed by atoms with Gasteiger partial charge >= 0.3 is 0 Å². The number of nitrogens with zero attached hydrogens (tertiary/aromatic N) is 1. The Hall–Kier alpha value is -2.25. The summed E-state index contributed by atoms with van der Waals surface area (Å²) < 4.78 is 50.0. The quantitative estimate of drug-likeness (QED) is 0.0915. The maximum atomic E-state index is 13.1. The molecule has 3 atom stereocenters. The Morgan fingerprint density at radius 1 is 0.922 bits per heavy atom. The number of Topliss-reactive ketones (excluding diaryl/α,β-unsaturated/α-hetero) is 1. The number of sulfonamides is 1. The van der Waals surface area contributed by atoms with Gasteiger partial charge in [0, 0.05) is 55.2 Å². The SMILES string of the molecule is CCN1Cc2c(Cl)cc(Cl)cc2C(c2cccc(S(=O)(=O)NCCOCCOCCOCCNC(=O)C(O)C(O)C(=O)CCCOCCO)c2)C1. The molecule has 0 saturated carbocycles. The molecule has 0 saturated heterocycles. The number of fused-ring (bicyclic) bond motifs is 1. The topological polar surface area (TPSA) is 193 Å². The number of halogens is 2. The molecule has 17 heteroatoms. The first-order valence-electron chi connectivity index (χ1n) is 16.9. The van der Waals surface area contributed by atoms with Crippen LogP contribution in [0.3, 0.4) is 0 Å². The number of benzene rings is 2. The van der Waals surface area contributed by atoms with Crippen LogP contribution >= 0.6 is 23.2 Å². The Balaban J connectivity index is 1.27. The highest BCUT2D eigenvalue weighted by molar-refractivity contribution is 7.89. The van der Waals surface area contributed by atoms with E-state index in [1.807, 2.05) is 12.1 Å². The zero-order chi connectivity index (χ0) is 37.2. The van der Waals surface area contributed by atoms with Gasteiger partial charge in [0.05, 0.1) is 57.8 Å². The fourth-order valence-electron chi connectivity index (χ4n) is 5.38. The van der Waals surface area contributed by atoms with Crippen LogP contribution in [-0.2, 0) is 45.1 Å². The summed E-state index contributed by atoms with van der Waals surface area (Å²) in [5.41, 5.74) is 2.86. The number of aliphatic hydroxyl groups is 3. The smallest absolute Gasteiger partial charge is 0.252 e. The summed E-state index contributed by atoms with van der Waals surface area (Å²) in [6.45, 7) is 5.86. The third-order valence-corrected chi connectivity index (χ3v) is 10.1. The summed E-state index contributed by atoms with van der Waals surface area (Å²) in [6.07, 6.45) is -3.55. The number of rotatable bonds is 25. The summed E-state index contributed by atoms with van der Waals surface area (Å²) >= 11 is 12.9. The second-order valence-corrected chi connectivity index (χ2v) is 14.3. The molecule has 3 unspecified atom stereocenters. The summed E-state index contributed by atoms with van der Waals surface area (Å²) in [5, 5.41) is 32.0. The number of ketones is 1. The van der Waals surface area contributed by atoms with Crippen molar-refractivity contribution >= 4 is 44.9 Å². The number of carbonyl (C=O) groups excluding carboxylic acids is 2. The maximum Gasteiger partial charge on any atom is 0.252 e. The van der Waals surface area contributed by atoms with E-state index in [4.69, 9.17) is 47.3 Å². The largest absolute Gasteiger partial charge is 0.394 e. The van der Waals surface area contributed by atoms with Crippen LogP contribution < -0.4 is 10.0 Å². The van der Waals surface area contributed by atoms with Crippen LogP contribution in [0, 0.1) is 0 Å². The fourth-order valence-corrected chi connectivity index (χ4v) is 7.01. The number of hydrogen-bond donors (Lipinski definition) is 5. The second kappa shape index (κ2) is 22.7. The van der Waals surface area contributed by atoms with Crippen molar-refractivity contribution < 1.29 is 52.3 Å². The summed E-state index contributed by atoms with van der Waals surface area (Å²) in [5.74, 6) is -1.67. The molecule has 5 N–H and O–H groups in total. The summed E-state index contributed by atoms with van der Waals surface area (Å²) in [4.78, 5) is 26.3. The van der Waals surface area contributed by atoms with Crippen LogP contribution in [0.2, 0.25) is 10.0 Å². The van der Waals surface area contributed by atoms with Gasteiger partial charge in [-0.3, -0.25) is 14.5 Å². The van der Waals surface area contributed by atoms with Crippen LogP contribution in [0.5, 0.6) is 0 Å². The number of nitrogens with one attached hydrogen (secondary N) is 2. The van der Waals surface area contributed by atoms with Gasteiger partial charge in [0.1, 0.15) is 6.10 Å². The third-order valence-electron chi connectivity index (χ3n) is 8.08. The number of amides is 1. The van der Waals surface area contributed by atoms with Crippen molar-refractivity contribution in [2.24, 2.45) is 0 Å². The lowest BCUT2D eigenvalue weighted by Gasteiger charge is -2.35. The second-order valence-electron chi connectivity index (χ2n) is 11.7. The van der Waals surface area contributed by atoms with E-state index in [9.17, 15) is 28.2 Å². The van der Waals surface area contributed by atoms with Crippen molar-refractivity contribution in [1.29, 1.82) is 0 Å². The lowest BCUT2D eigenvalue weighted by molar-refractivity contribution is -0.145. The predicted molar refractivity (Wildman–Crippen MR) is 191 cm³/mol. The number of hydrogen-bond acceptors (Lipinski definition) is 12. The van der Waals surface area contributed by atoms with Gasteiger partial charge in [-0.05, 0) is 53.9 Å². The van der Waals surface area contributed by atoms with E-state index in [1.165, 1.54) is 0 Å². The van der Waals surface area contributed by atoms with Gasteiger partial charge in [-0.1, -0.05) is 42.3 Å². The molecule has 1 heterocycles. The number of likely N-dealkylation sites (N-methyl/N-ethyl adjacent to an activating group) is 1. The molecule has 3 rings (SSSR count). The van der Waals surface area contributed by atoms with E-state index in [1.54, 1.807) is 24.3 Å². The van der Waals surface area contributed by atoms with Crippen LogP contribution in [0.1, 0.15) is 42.4 Å². The van der Waals surface area contributed by atoms with E-state index in [2.05, 4.69) is 21.9 Å². The van der Waals surface area contributed by atoms with Crippen molar-refractivity contribution in [3.8, 4) is 0 Å². The predicted octanol–water partition coefficient (Wildman–Crippen LogP) is 1.49. The van der Waals surface area contributed by atoms with E-state index < -0.39 is 33.9 Å². The Labute approximate surface area is 309 Å². The van der Waals surface area contributed by atoms with Crippen LogP contribution in [-0.4, -0.2) is 138 Å². The standard InChI is InChI=1S/C34H49Cl2N3O11S/c1-2-39-22-28(27-20-25(35)21-30(36)29(27)23-39)24-5-3-6-26(19-24)51(45,46)38-9-13-49-16-18-50-17-15-48-12-8-37-34(44)33(43)32(42)31(41)7-4-11-47-14-10-40/h3,5-6,19-21,28,32-33,38,40,42-43H,2,4,7-18,22-23H2,1H3,(H,37,44). The number of aliphatic hydroxyl groups excluding tert-OH is 3. The Kier molecular flexibility index (Phi) is 19.2. The molecule has 1 amide bonds. The van der Waals surface area contributed by atoms with Crippen LogP contribution in [0.15, 0.2) is 41.3 Å². The molecule has 0 aliphatic carbocycles. The highest BCUT2D eigenvalue weighted by atomic mass is 35.5. The molecule has 14 nitrogen and oxygen atoms in total. The van der Waals surface area contributed by atoms with E-state index in [0.717, 1.165) is 23.2 Å². The van der Waals surface area contributed by atoms with E-state index in [-0.39, 0.29) is 96.2 Å². The molecule has 1 aliphatic rings. The minimum absolute atomic E-state index is 0.0465. The first kappa shape index (κ1) is 43.2. The Morgan fingerprint density at radius 2 is 1.59 bits per heavy atom. The van der Waals surface area contributed by atoms with Crippen molar-refractivity contribution in [3.63, 3.8) is 0 Å². The van der Waals surface area contributed by atoms with Crippen LogP contribution in [0.4, 0.5) is 0 Å². The molecule has 51 heavy (non-hydrogen) atoms. The molecule has 1 aliphatic heterocycles. The number of carbonyl (C=O) groups is 2. The molecular formula is C34H49Cl2N3O11S. The average Bonchev–Trinajstić information content (AvgIpc) is 3.12. The first-order valence-corrected chi connectivity index (χ1v) is 19.1. The van der Waals surface area contributed by atoms with Gasteiger partial charge in [-0.15, -0.1) is 0 Å². The monoisotopic (exact) mass is 777 g/mol. The van der Waals surface area contributed by atoms with Gasteiger partial charge in [0.25, 0.3) is 5.91 Å². The Morgan fingerprint density at radius 3 is 2.27 bits per heavy atom. The molecule has 0 bridgehead atoms.